The maximum Gasteiger partial charge on any atom is 0.257 e. The summed E-state index contributed by atoms with van der Waals surface area (Å²) in [4.78, 5) is 25.2. The van der Waals surface area contributed by atoms with Gasteiger partial charge in [-0.2, -0.15) is 0 Å². The Labute approximate surface area is 177 Å². The molecular weight excluding hydrogens is 408 g/mol. The number of carbonyl (C=O) groups excluding carboxylic acids is 2. The number of rotatable bonds is 8. The molecule has 0 fully saturated rings. The summed E-state index contributed by atoms with van der Waals surface area (Å²) < 4.78 is 25.4. The van der Waals surface area contributed by atoms with E-state index in [1.54, 1.807) is 24.3 Å². The van der Waals surface area contributed by atoms with Gasteiger partial charge in [0, 0.05) is 11.1 Å². The molecule has 0 aliphatic carbocycles. The lowest BCUT2D eigenvalue weighted by atomic mass is 10.2. The van der Waals surface area contributed by atoms with Crippen LogP contribution in [0.4, 0.5) is 11.6 Å². The molecule has 1 aromatic heterocycles. The fraction of sp³-hybridized carbons (Fsp3) is 0.200. The molecule has 1 heterocycles. The minimum atomic E-state index is -0.515. The van der Waals surface area contributed by atoms with Crippen LogP contribution in [0.1, 0.15) is 20.7 Å². The molecule has 0 saturated heterocycles. The average molecular weight is 428 g/mol. The molecule has 0 atom stereocenters. The molecule has 3 aromatic rings. The molecule has 0 aliphatic heterocycles. The molecular formula is C20H20N4O7. The number of nitrogens with zero attached hydrogens (tertiary/aromatic N) is 2. The van der Waals surface area contributed by atoms with E-state index in [0.717, 1.165) is 0 Å². The Kier molecular flexibility index (Phi) is 6.55. The highest BCUT2D eigenvalue weighted by atomic mass is 16.6. The third-order valence-corrected chi connectivity index (χ3v) is 4.24. The lowest BCUT2D eigenvalue weighted by molar-refractivity contribution is 0.101. The van der Waals surface area contributed by atoms with E-state index in [1.807, 2.05) is 0 Å². The first-order valence-electron chi connectivity index (χ1n) is 8.90. The normalized spacial score (nSPS) is 10.2. The zero-order chi connectivity index (χ0) is 22.4. The monoisotopic (exact) mass is 428 g/mol. The van der Waals surface area contributed by atoms with Crippen LogP contribution in [0, 0.1) is 0 Å². The van der Waals surface area contributed by atoms with Gasteiger partial charge in [0.15, 0.2) is 23.0 Å². The molecule has 11 nitrogen and oxygen atoms in total. The highest BCUT2D eigenvalue weighted by Crippen LogP contribution is 2.29. The largest absolute Gasteiger partial charge is 0.493 e. The average Bonchev–Trinajstić information content (AvgIpc) is 3.23. The van der Waals surface area contributed by atoms with Crippen LogP contribution in [-0.2, 0) is 0 Å². The predicted molar refractivity (Wildman–Crippen MR) is 109 cm³/mol. The first kappa shape index (κ1) is 21.4. The highest BCUT2D eigenvalue weighted by Gasteiger charge is 2.19. The first-order valence-corrected chi connectivity index (χ1v) is 8.90. The molecule has 0 unspecified atom stereocenters. The minimum Gasteiger partial charge on any atom is -0.493 e. The molecule has 0 bridgehead atoms. The molecule has 0 aliphatic rings. The van der Waals surface area contributed by atoms with Crippen molar-refractivity contribution in [3.8, 4) is 23.0 Å². The summed E-state index contributed by atoms with van der Waals surface area (Å²) in [6, 6.07) is 9.29. The maximum absolute atomic E-state index is 12.6. The van der Waals surface area contributed by atoms with Crippen molar-refractivity contribution in [3.63, 3.8) is 0 Å². The second-order valence-corrected chi connectivity index (χ2v) is 6.01. The topological polar surface area (TPSA) is 134 Å². The number of anilines is 2. The van der Waals surface area contributed by atoms with E-state index in [2.05, 4.69) is 25.6 Å². The Balaban J connectivity index is 1.75. The van der Waals surface area contributed by atoms with Gasteiger partial charge in [0.1, 0.15) is 0 Å². The fourth-order valence-electron chi connectivity index (χ4n) is 2.67. The van der Waals surface area contributed by atoms with Crippen LogP contribution in [0.5, 0.6) is 23.0 Å². The van der Waals surface area contributed by atoms with Crippen molar-refractivity contribution in [3.05, 3.63) is 47.5 Å². The second-order valence-electron chi connectivity index (χ2n) is 6.01. The fourth-order valence-corrected chi connectivity index (χ4v) is 2.67. The molecule has 2 aromatic carbocycles. The van der Waals surface area contributed by atoms with E-state index in [1.165, 1.54) is 40.6 Å². The van der Waals surface area contributed by atoms with E-state index >= 15 is 0 Å². The van der Waals surface area contributed by atoms with E-state index in [0.29, 0.717) is 23.0 Å². The highest BCUT2D eigenvalue weighted by molar-refractivity contribution is 6.08. The van der Waals surface area contributed by atoms with E-state index < -0.39 is 11.8 Å². The van der Waals surface area contributed by atoms with Gasteiger partial charge in [0.2, 0.25) is 11.6 Å². The summed E-state index contributed by atoms with van der Waals surface area (Å²) >= 11 is 0. The number of aromatic nitrogens is 2. The number of nitrogens with one attached hydrogen (secondary N) is 2. The summed E-state index contributed by atoms with van der Waals surface area (Å²) in [7, 11) is 5.91. The zero-order valence-corrected chi connectivity index (χ0v) is 17.2. The third kappa shape index (κ3) is 4.66. The van der Waals surface area contributed by atoms with Crippen molar-refractivity contribution >= 4 is 23.5 Å². The van der Waals surface area contributed by atoms with E-state index in [4.69, 9.17) is 18.9 Å². The Morgan fingerprint density at radius 3 is 1.42 bits per heavy atom. The maximum atomic E-state index is 12.6. The quantitative estimate of drug-likeness (QED) is 0.555. The number of hydrogen-bond donors (Lipinski definition) is 2. The van der Waals surface area contributed by atoms with Gasteiger partial charge < -0.3 is 29.6 Å². The van der Waals surface area contributed by atoms with Gasteiger partial charge in [0.25, 0.3) is 11.8 Å². The van der Waals surface area contributed by atoms with Crippen molar-refractivity contribution in [1.29, 1.82) is 0 Å². The summed E-state index contributed by atoms with van der Waals surface area (Å²) in [5, 5.41) is 12.3. The zero-order valence-electron chi connectivity index (χ0n) is 17.2. The number of methoxy groups -OCH3 is 4. The van der Waals surface area contributed by atoms with Crippen molar-refractivity contribution in [2.24, 2.45) is 0 Å². The summed E-state index contributed by atoms with van der Waals surface area (Å²) in [6.07, 6.45) is 0. The standard InChI is InChI=1S/C20H20N4O7/c1-27-13-7-5-11(9-15(13)29-3)19(25)21-17-18(24-31-23-17)22-20(26)12-6-8-14(28-2)16(10-12)30-4/h5-10H,1-4H3,(H,21,23,25)(H,22,24,26). The lowest BCUT2D eigenvalue weighted by Gasteiger charge is -2.10. The number of benzene rings is 2. The molecule has 0 radical (unpaired) electrons. The van der Waals surface area contributed by atoms with Crippen molar-refractivity contribution in [2.45, 2.75) is 0 Å². The SMILES string of the molecule is COc1ccc(C(=O)Nc2nonc2NC(=O)c2ccc(OC)c(OC)c2)cc1OC. The van der Waals surface area contributed by atoms with Crippen LogP contribution in [0.25, 0.3) is 0 Å². The number of hydrogen-bond acceptors (Lipinski definition) is 9. The smallest absolute Gasteiger partial charge is 0.257 e. The lowest BCUT2D eigenvalue weighted by Crippen LogP contribution is -2.17. The van der Waals surface area contributed by atoms with Gasteiger partial charge in [-0.1, -0.05) is 0 Å². The van der Waals surface area contributed by atoms with Crippen LogP contribution in [0.3, 0.4) is 0 Å². The van der Waals surface area contributed by atoms with Crippen LogP contribution < -0.4 is 29.6 Å². The van der Waals surface area contributed by atoms with Crippen LogP contribution in [-0.4, -0.2) is 50.6 Å². The van der Waals surface area contributed by atoms with Crippen molar-refractivity contribution in [2.75, 3.05) is 39.1 Å². The Hall–Kier alpha value is -4.28. The van der Waals surface area contributed by atoms with E-state index in [9.17, 15) is 9.59 Å². The summed E-state index contributed by atoms with van der Waals surface area (Å²) in [6.45, 7) is 0. The van der Waals surface area contributed by atoms with Gasteiger partial charge in [0.05, 0.1) is 28.4 Å². The third-order valence-electron chi connectivity index (χ3n) is 4.24. The Morgan fingerprint density at radius 2 is 1.06 bits per heavy atom. The molecule has 162 valence electrons. The first-order chi connectivity index (χ1) is 15.0. The predicted octanol–water partition coefficient (Wildman–Crippen LogP) is 2.61. The molecule has 2 amide bonds. The Morgan fingerprint density at radius 1 is 0.677 bits per heavy atom. The molecule has 11 heteroatoms. The Bertz CT molecular complexity index is 1010. The van der Waals surface area contributed by atoms with Gasteiger partial charge in [-0.15, -0.1) is 0 Å². The molecule has 2 N–H and O–H groups in total. The minimum absolute atomic E-state index is 0.0615. The summed E-state index contributed by atoms with van der Waals surface area (Å²) in [5.74, 6) is 0.569. The number of amides is 2. The van der Waals surface area contributed by atoms with Crippen molar-refractivity contribution < 1.29 is 33.2 Å². The van der Waals surface area contributed by atoms with Crippen LogP contribution in [0.15, 0.2) is 41.0 Å². The van der Waals surface area contributed by atoms with Gasteiger partial charge in [-0.05, 0) is 46.7 Å². The van der Waals surface area contributed by atoms with Crippen LogP contribution in [0.2, 0.25) is 0 Å². The number of carbonyl (C=O) groups is 2. The summed E-state index contributed by atoms with van der Waals surface area (Å²) in [5.41, 5.74) is 0.552. The molecule has 31 heavy (non-hydrogen) atoms. The van der Waals surface area contributed by atoms with Gasteiger partial charge >= 0.3 is 0 Å². The van der Waals surface area contributed by atoms with Gasteiger partial charge in [-0.3, -0.25) is 9.59 Å². The van der Waals surface area contributed by atoms with Gasteiger partial charge in [-0.25, -0.2) is 4.63 Å². The second kappa shape index (κ2) is 9.48. The molecule has 0 saturated carbocycles. The van der Waals surface area contributed by atoms with E-state index in [-0.39, 0.29) is 22.8 Å². The number of ether oxygens (including phenoxy) is 4. The molecule has 0 spiro atoms. The van der Waals surface area contributed by atoms with Crippen molar-refractivity contribution in [1.82, 2.24) is 10.3 Å². The van der Waals surface area contributed by atoms with Crippen LogP contribution >= 0.6 is 0 Å². The molecule has 3 rings (SSSR count).